The van der Waals surface area contributed by atoms with Crippen LogP contribution in [0.3, 0.4) is 0 Å². The molecule has 0 unspecified atom stereocenters. The summed E-state index contributed by atoms with van der Waals surface area (Å²) in [6.45, 7) is 5.34. The van der Waals surface area contributed by atoms with Gasteiger partial charge in [-0.05, 0) is 72.5 Å². The normalized spacial score (nSPS) is 12.1. The average molecular weight is 685 g/mol. The molecule has 1 N–H and O–H groups in total. The topological polar surface area (TPSA) is 86.8 Å². The van der Waals surface area contributed by atoms with E-state index < -0.39 is 40.2 Å². The van der Waals surface area contributed by atoms with E-state index >= 15 is 0 Å². The molecule has 0 saturated carbocycles. The molecule has 0 saturated heterocycles. The highest BCUT2D eigenvalue weighted by molar-refractivity contribution is 7.92. The summed E-state index contributed by atoms with van der Waals surface area (Å²) >= 11 is 12.7. The van der Waals surface area contributed by atoms with Gasteiger partial charge in [0.2, 0.25) is 11.8 Å². The fourth-order valence-corrected chi connectivity index (χ4v) is 6.67. The Morgan fingerprint density at radius 3 is 2.15 bits per heavy atom. The highest BCUT2D eigenvalue weighted by atomic mass is 35.5. The Labute approximate surface area is 280 Å². The predicted octanol–water partition coefficient (Wildman–Crippen LogP) is 7.05. The third kappa shape index (κ3) is 9.09. The van der Waals surface area contributed by atoms with Crippen LogP contribution in [-0.4, -0.2) is 44.3 Å². The van der Waals surface area contributed by atoms with Crippen LogP contribution in [0.4, 0.5) is 10.1 Å². The van der Waals surface area contributed by atoms with E-state index in [-0.39, 0.29) is 34.5 Å². The first-order valence-corrected chi connectivity index (χ1v) is 16.9. The van der Waals surface area contributed by atoms with Crippen molar-refractivity contribution in [3.8, 4) is 0 Å². The van der Waals surface area contributed by atoms with Crippen LogP contribution in [0.25, 0.3) is 0 Å². The van der Waals surface area contributed by atoms with Crippen molar-refractivity contribution >= 4 is 50.7 Å². The fourth-order valence-electron chi connectivity index (χ4n) is 4.78. The Kier molecular flexibility index (Phi) is 11.8. The molecule has 0 bridgehead atoms. The quantitative estimate of drug-likeness (QED) is 0.164. The molecule has 0 aliphatic carbocycles. The lowest BCUT2D eigenvalue weighted by Crippen LogP contribution is -2.53. The molecule has 0 aliphatic rings. The summed E-state index contributed by atoms with van der Waals surface area (Å²) in [5.74, 6) is -1.48. The molecule has 4 aromatic rings. The number of rotatable bonds is 13. The molecule has 0 fully saturated rings. The number of amides is 2. The van der Waals surface area contributed by atoms with Gasteiger partial charge in [0.1, 0.15) is 18.4 Å². The Hall–Kier alpha value is -3.92. The third-order valence-electron chi connectivity index (χ3n) is 7.31. The van der Waals surface area contributed by atoms with Gasteiger partial charge in [0.25, 0.3) is 10.0 Å². The SMILES string of the molecule is Cc1ccc(S(=O)(=O)N(CC(=O)N(Cc2ccc(Cl)cc2Cl)[C@@H](Cc2ccccc2)C(=O)NCC(C)C)c2ccc(F)cc2)cc1. The summed E-state index contributed by atoms with van der Waals surface area (Å²) in [5, 5.41) is 3.62. The molecule has 4 rings (SSSR count). The standard InChI is InChI=1S/C35H36Cl2FN3O4S/c1-24(2)21-39-35(43)33(19-26-7-5-4-6-8-26)40(22-27-11-12-28(36)20-32(27)37)34(42)23-41(30-15-13-29(38)14-16-30)46(44,45)31-17-9-25(3)10-18-31/h4-18,20,24,33H,19,21-23H2,1-3H3,(H,39,43)/t33-/m0/s1. The van der Waals surface area contributed by atoms with E-state index in [4.69, 9.17) is 23.2 Å². The van der Waals surface area contributed by atoms with Crippen LogP contribution in [0.15, 0.2) is 102 Å². The van der Waals surface area contributed by atoms with Gasteiger partial charge >= 0.3 is 0 Å². The van der Waals surface area contributed by atoms with Crippen LogP contribution in [0, 0.1) is 18.7 Å². The Balaban J connectivity index is 1.81. The van der Waals surface area contributed by atoms with Crippen LogP contribution < -0.4 is 9.62 Å². The largest absolute Gasteiger partial charge is 0.354 e. The minimum Gasteiger partial charge on any atom is -0.354 e. The van der Waals surface area contributed by atoms with E-state index in [0.717, 1.165) is 27.6 Å². The number of hydrogen-bond acceptors (Lipinski definition) is 4. The summed E-state index contributed by atoms with van der Waals surface area (Å²) in [4.78, 5) is 29.6. The summed E-state index contributed by atoms with van der Waals surface area (Å²) in [5.41, 5.74) is 2.26. The van der Waals surface area contributed by atoms with E-state index in [2.05, 4.69) is 5.32 Å². The number of halogens is 3. The number of anilines is 1. The van der Waals surface area contributed by atoms with Gasteiger partial charge < -0.3 is 10.2 Å². The Morgan fingerprint density at radius 2 is 1.54 bits per heavy atom. The Morgan fingerprint density at radius 1 is 0.891 bits per heavy atom. The molecule has 0 radical (unpaired) electrons. The second-order valence-electron chi connectivity index (χ2n) is 11.4. The maximum absolute atomic E-state index is 14.5. The van der Waals surface area contributed by atoms with Crippen molar-refractivity contribution < 1.29 is 22.4 Å². The van der Waals surface area contributed by atoms with Crippen molar-refractivity contribution in [2.24, 2.45) is 5.92 Å². The highest BCUT2D eigenvalue weighted by Gasteiger charge is 2.35. The van der Waals surface area contributed by atoms with Crippen molar-refractivity contribution in [2.75, 3.05) is 17.4 Å². The van der Waals surface area contributed by atoms with Crippen LogP contribution in [0.1, 0.15) is 30.5 Å². The van der Waals surface area contributed by atoms with Crippen LogP contribution in [0.2, 0.25) is 10.0 Å². The van der Waals surface area contributed by atoms with E-state index in [9.17, 15) is 22.4 Å². The van der Waals surface area contributed by atoms with Gasteiger partial charge in [0, 0.05) is 29.6 Å². The maximum atomic E-state index is 14.5. The number of benzene rings is 4. The summed E-state index contributed by atoms with van der Waals surface area (Å²) in [6, 6.07) is 24.1. The number of hydrogen-bond donors (Lipinski definition) is 1. The van der Waals surface area contributed by atoms with Crippen molar-refractivity contribution in [2.45, 2.75) is 44.7 Å². The number of aryl methyl sites for hydroxylation is 1. The first-order chi connectivity index (χ1) is 21.8. The number of carbonyl (C=O) groups is 2. The van der Waals surface area contributed by atoms with Gasteiger partial charge in [-0.25, -0.2) is 12.8 Å². The molecule has 0 aromatic heterocycles. The molecule has 0 aliphatic heterocycles. The second kappa shape index (κ2) is 15.6. The van der Waals surface area contributed by atoms with Crippen molar-refractivity contribution in [3.63, 3.8) is 0 Å². The Bertz CT molecular complexity index is 1750. The van der Waals surface area contributed by atoms with Gasteiger partial charge in [-0.1, -0.05) is 91.1 Å². The molecule has 0 heterocycles. The highest BCUT2D eigenvalue weighted by Crippen LogP contribution is 2.27. The molecule has 11 heteroatoms. The zero-order chi connectivity index (χ0) is 33.4. The van der Waals surface area contributed by atoms with Crippen LogP contribution in [0.5, 0.6) is 0 Å². The van der Waals surface area contributed by atoms with E-state index in [1.807, 2.05) is 51.1 Å². The summed E-state index contributed by atoms with van der Waals surface area (Å²) in [7, 11) is -4.31. The number of carbonyl (C=O) groups excluding carboxylic acids is 2. The van der Waals surface area contributed by atoms with E-state index in [1.54, 1.807) is 30.3 Å². The molecule has 7 nitrogen and oxygen atoms in total. The maximum Gasteiger partial charge on any atom is 0.264 e. The molecule has 2 amide bonds. The smallest absolute Gasteiger partial charge is 0.264 e. The molecule has 0 spiro atoms. The minimum atomic E-state index is -4.31. The number of nitrogens with one attached hydrogen (secondary N) is 1. The lowest BCUT2D eigenvalue weighted by Gasteiger charge is -2.34. The molecule has 1 atom stereocenters. The third-order valence-corrected chi connectivity index (χ3v) is 9.69. The van der Waals surface area contributed by atoms with Crippen molar-refractivity contribution in [1.82, 2.24) is 10.2 Å². The molecular formula is C35H36Cl2FN3O4S. The van der Waals surface area contributed by atoms with E-state index in [1.165, 1.54) is 29.2 Å². The number of sulfonamides is 1. The zero-order valence-corrected chi connectivity index (χ0v) is 28.1. The molecule has 46 heavy (non-hydrogen) atoms. The fraction of sp³-hybridized carbons (Fsp3) is 0.257. The first-order valence-electron chi connectivity index (χ1n) is 14.7. The second-order valence-corrected chi connectivity index (χ2v) is 14.1. The lowest BCUT2D eigenvalue weighted by molar-refractivity contribution is -0.140. The monoisotopic (exact) mass is 683 g/mol. The van der Waals surface area contributed by atoms with Gasteiger partial charge in [-0.15, -0.1) is 0 Å². The van der Waals surface area contributed by atoms with Gasteiger partial charge in [0.15, 0.2) is 0 Å². The predicted molar refractivity (Wildman–Crippen MR) is 181 cm³/mol. The minimum absolute atomic E-state index is 0.0435. The molecule has 4 aromatic carbocycles. The zero-order valence-electron chi connectivity index (χ0n) is 25.8. The van der Waals surface area contributed by atoms with Crippen molar-refractivity contribution in [3.05, 3.63) is 130 Å². The molecular weight excluding hydrogens is 648 g/mol. The lowest BCUT2D eigenvalue weighted by atomic mass is 10.0. The van der Waals surface area contributed by atoms with E-state index in [0.29, 0.717) is 17.1 Å². The average Bonchev–Trinajstić information content (AvgIpc) is 3.02. The van der Waals surface area contributed by atoms with Crippen LogP contribution >= 0.6 is 23.2 Å². The molecule has 242 valence electrons. The van der Waals surface area contributed by atoms with Crippen LogP contribution in [-0.2, 0) is 32.6 Å². The van der Waals surface area contributed by atoms with Gasteiger partial charge in [-0.3, -0.25) is 13.9 Å². The van der Waals surface area contributed by atoms with Gasteiger partial charge in [0.05, 0.1) is 10.6 Å². The first kappa shape index (κ1) is 34.9. The number of nitrogens with zero attached hydrogens (tertiary/aromatic N) is 2. The summed E-state index contributed by atoms with van der Waals surface area (Å²) in [6.07, 6.45) is 0.156. The summed E-state index contributed by atoms with van der Waals surface area (Å²) < 4.78 is 43.0. The van der Waals surface area contributed by atoms with Crippen molar-refractivity contribution in [1.29, 1.82) is 0 Å². The van der Waals surface area contributed by atoms with Gasteiger partial charge in [-0.2, -0.15) is 0 Å².